The summed E-state index contributed by atoms with van der Waals surface area (Å²) in [5.74, 6) is 0.733. The summed E-state index contributed by atoms with van der Waals surface area (Å²) < 4.78 is 5.68. The number of nitrogens with zero attached hydrogens (tertiary/aromatic N) is 1. The molecule has 4 heteroatoms. The number of nitrogens with one attached hydrogen (secondary N) is 1. The summed E-state index contributed by atoms with van der Waals surface area (Å²) in [5.41, 5.74) is 0. The van der Waals surface area contributed by atoms with E-state index in [1.54, 1.807) is 6.20 Å². The molecule has 2 heterocycles. The lowest BCUT2D eigenvalue weighted by molar-refractivity contribution is 0.160. The minimum atomic E-state index is 0. The second-order valence-corrected chi connectivity index (χ2v) is 3.25. The molecule has 0 unspecified atom stereocenters. The predicted molar refractivity (Wildman–Crippen MR) is 58.0 cm³/mol. The molecule has 1 aromatic heterocycles. The fourth-order valence-electron chi connectivity index (χ4n) is 1.51. The van der Waals surface area contributed by atoms with Gasteiger partial charge in [0.15, 0.2) is 0 Å². The Morgan fingerprint density at radius 1 is 1.43 bits per heavy atom. The molecule has 0 spiro atoms. The molecule has 1 N–H and O–H groups in total. The van der Waals surface area contributed by atoms with E-state index in [9.17, 15) is 0 Å². The molecule has 1 aromatic rings. The number of aromatic nitrogens is 1. The molecular formula is C10H15ClN2O. The molecule has 2 rings (SSSR count). The van der Waals surface area contributed by atoms with Crippen LogP contribution in [0.1, 0.15) is 12.8 Å². The highest BCUT2D eigenvalue weighted by Gasteiger charge is 2.14. The van der Waals surface area contributed by atoms with Gasteiger partial charge in [-0.2, -0.15) is 0 Å². The van der Waals surface area contributed by atoms with E-state index in [0.29, 0.717) is 6.10 Å². The molecule has 14 heavy (non-hydrogen) atoms. The number of hydrogen-bond acceptors (Lipinski definition) is 3. The largest absolute Gasteiger partial charge is 0.473 e. The SMILES string of the molecule is Cl.c1ccc(O[C@@H]2CCCNC2)nc1. The zero-order valence-electron chi connectivity index (χ0n) is 7.98. The second-order valence-electron chi connectivity index (χ2n) is 3.25. The molecule has 0 amide bonds. The van der Waals surface area contributed by atoms with E-state index >= 15 is 0 Å². The molecule has 1 saturated heterocycles. The standard InChI is InChI=1S/C10H14N2O.ClH/c1-2-7-12-10(5-1)13-9-4-3-6-11-8-9;/h1-2,5,7,9,11H,3-4,6,8H2;1H/t9-;/m1./s1. The van der Waals surface area contributed by atoms with Gasteiger partial charge in [-0.1, -0.05) is 6.07 Å². The van der Waals surface area contributed by atoms with Crippen molar-refractivity contribution in [2.75, 3.05) is 13.1 Å². The van der Waals surface area contributed by atoms with Crippen molar-refractivity contribution in [2.45, 2.75) is 18.9 Å². The van der Waals surface area contributed by atoms with Gasteiger partial charge in [0.05, 0.1) is 0 Å². The monoisotopic (exact) mass is 214 g/mol. The van der Waals surface area contributed by atoms with Crippen LogP contribution in [0.3, 0.4) is 0 Å². The van der Waals surface area contributed by atoms with Crippen LogP contribution in [0.15, 0.2) is 24.4 Å². The zero-order chi connectivity index (χ0) is 8.93. The van der Waals surface area contributed by atoms with E-state index in [1.807, 2.05) is 18.2 Å². The van der Waals surface area contributed by atoms with E-state index in [2.05, 4.69) is 10.3 Å². The first-order valence-electron chi connectivity index (χ1n) is 4.73. The minimum absolute atomic E-state index is 0. The summed E-state index contributed by atoms with van der Waals surface area (Å²) in [6.45, 7) is 2.05. The van der Waals surface area contributed by atoms with Crippen LogP contribution in [0.2, 0.25) is 0 Å². The molecule has 1 aliphatic heterocycles. The lowest BCUT2D eigenvalue weighted by Crippen LogP contribution is -2.37. The van der Waals surface area contributed by atoms with Gasteiger partial charge in [0, 0.05) is 18.8 Å². The van der Waals surface area contributed by atoms with Crippen LogP contribution in [-0.2, 0) is 0 Å². The Labute approximate surface area is 90.3 Å². The van der Waals surface area contributed by atoms with Crippen LogP contribution in [0.25, 0.3) is 0 Å². The van der Waals surface area contributed by atoms with Gasteiger partial charge in [-0.25, -0.2) is 4.98 Å². The normalized spacial score (nSPS) is 21.0. The fourth-order valence-corrected chi connectivity index (χ4v) is 1.51. The Kier molecular flexibility index (Phi) is 4.70. The van der Waals surface area contributed by atoms with Crippen molar-refractivity contribution in [2.24, 2.45) is 0 Å². The van der Waals surface area contributed by atoms with Crippen LogP contribution in [-0.4, -0.2) is 24.2 Å². The van der Waals surface area contributed by atoms with Gasteiger partial charge in [0.2, 0.25) is 5.88 Å². The van der Waals surface area contributed by atoms with Crippen molar-refractivity contribution in [1.29, 1.82) is 0 Å². The van der Waals surface area contributed by atoms with E-state index in [1.165, 1.54) is 6.42 Å². The first kappa shape index (κ1) is 11.3. The maximum Gasteiger partial charge on any atom is 0.213 e. The van der Waals surface area contributed by atoms with Crippen molar-refractivity contribution in [1.82, 2.24) is 10.3 Å². The Morgan fingerprint density at radius 2 is 2.36 bits per heavy atom. The molecule has 0 aromatic carbocycles. The van der Waals surface area contributed by atoms with Crippen molar-refractivity contribution in [3.8, 4) is 5.88 Å². The lowest BCUT2D eigenvalue weighted by atomic mass is 10.1. The fraction of sp³-hybridized carbons (Fsp3) is 0.500. The van der Waals surface area contributed by atoms with Crippen LogP contribution in [0.4, 0.5) is 0 Å². The average molecular weight is 215 g/mol. The van der Waals surface area contributed by atoms with Crippen molar-refractivity contribution >= 4 is 12.4 Å². The predicted octanol–water partition coefficient (Wildman–Crippen LogP) is 1.63. The molecular weight excluding hydrogens is 200 g/mol. The van der Waals surface area contributed by atoms with E-state index < -0.39 is 0 Å². The summed E-state index contributed by atoms with van der Waals surface area (Å²) in [6.07, 6.45) is 4.37. The summed E-state index contributed by atoms with van der Waals surface area (Å²) in [5, 5.41) is 3.30. The third kappa shape index (κ3) is 3.16. The maximum absolute atomic E-state index is 5.68. The number of halogens is 1. The summed E-state index contributed by atoms with van der Waals surface area (Å²) in [6, 6.07) is 5.74. The Balaban J connectivity index is 0.000000980. The van der Waals surface area contributed by atoms with Gasteiger partial charge in [-0.05, 0) is 25.5 Å². The molecule has 1 fully saturated rings. The highest BCUT2D eigenvalue weighted by atomic mass is 35.5. The maximum atomic E-state index is 5.68. The number of pyridine rings is 1. The van der Waals surface area contributed by atoms with Crippen LogP contribution in [0, 0.1) is 0 Å². The van der Waals surface area contributed by atoms with Crippen molar-refractivity contribution in [3.05, 3.63) is 24.4 Å². The molecule has 1 atom stereocenters. The van der Waals surface area contributed by atoms with Gasteiger partial charge in [-0.3, -0.25) is 0 Å². The second kappa shape index (κ2) is 5.83. The molecule has 0 bridgehead atoms. The number of hydrogen-bond donors (Lipinski definition) is 1. The Bertz CT molecular complexity index is 250. The minimum Gasteiger partial charge on any atom is -0.473 e. The van der Waals surface area contributed by atoms with Crippen molar-refractivity contribution in [3.63, 3.8) is 0 Å². The van der Waals surface area contributed by atoms with Crippen LogP contribution >= 0.6 is 12.4 Å². The Hall–Kier alpha value is -0.800. The molecule has 0 aliphatic carbocycles. The first-order chi connectivity index (χ1) is 6.45. The van der Waals surface area contributed by atoms with Crippen molar-refractivity contribution < 1.29 is 4.74 Å². The quantitative estimate of drug-likeness (QED) is 0.813. The molecule has 0 radical (unpaired) electrons. The molecule has 1 aliphatic rings. The van der Waals surface area contributed by atoms with Crippen LogP contribution < -0.4 is 10.1 Å². The van der Waals surface area contributed by atoms with Gasteiger partial charge in [0.25, 0.3) is 0 Å². The zero-order valence-corrected chi connectivity index (χ0v) is 8.80. The third-order valence-corrected chi connectivity index (χ3v) is 2.18. The average Bonchev–Trinajstić information content (AvgIpc) is 2.21. The number of ether oxygens (including phenoxy) is 1. The Morgan fingerprint density at radius 3 is 3.00 bits per heavy atom. The smallest absolute Gasteiger partial charge is 0.213 e. The van der Waals surface area contributed by atoms with Gasteiger partial charge in [0.1, 0.15) is 6.10 Å². The lowest BCUT2D eigenvalue weighted by Gasteiger charge is -2.23. The van der Waals surface area contributed by atoms with E-state index in [0.717, 1.165) is 25.4 Å². The topological polar surface area (TPSA) is 34.1 Å². The molecule has 0 saturated carbocycles. The van der Waals surface area contributed by atoms with Gasteiger partial charge in [-0.15, -0.1) is 12.4 Å². The van der Waals surface area contributed by atoms with Gasteiger partial charge < -0.3 is 10.1 Å². The van der Waals surface area contributed by atoms with Crippen LogP contribution in [0.5, 0.6) is 5.88 Å². The highest BCUT2D eigenvalue weighted by Crippen LogP contribution is 2.11. The highest BCUT2D eigenvalue weighted by molar-refractivity contribution is 5.85. The van der Waals surface area contributed by atoms with E-state index in [4.69, 9.17) is 4.74 Å². The first-order valence-corrected chi connectivity index (χ1v) is 4.73. The number of piperidine rings is 1. The van der Waals surface area contributed by atoms with Gasteiger partial charge >= 0.3 is 0 Å². The molecule has 3 nitrogen and oxygen atoms in total. The third-order valence-electron chi connectivity index (χ3n) is 2.18. The van der Waals surface area contributed by atoms with E-state index in [-0.39, 0.29) is 12.4 Å². The molecule has 78 valence electrons. The summed E-state index contributed by atoms with van der Waals surface area (Å²) in [4.78, 5) is 4.12. The summed E-state index contributed by atoms with van der Waals surface area (Å²) in [7, 11) is 0. The number of rotatable bonds is 2. The summed E-state index contributed by atoms with van der Waals surface area (Å²) >= 11 is 0.